The van der Waals surface area contributed by atoms with Crippen molar-refractivity contribution >= 4 is 17.6 Å². The molecule has 3 N–H and O–H groups in total. The Morgan fingerprint density at radius 1 is 1.07 bits per heavy atom. The zero-order valence-electron chi connectivity index (χ0n) is 16.5. The quantitative estimate of drug-likeness (QED) is 0.662. The van der Waals surface area contributed by atoms with Crippen molar-refractivity contribution in [1.29, 1.82) is 0 Å². The molecule has 1 aromatic rings. The highest BCUT2D eigenvalue weighted by atomic mass is 19.4. The van der Waals surface area contributed by atoms with Crippen LogP contribution in [-0.2, 0) is 4.79 Å². The fourth-order valence-electron chi connectivity index (χ4n) is 3.53. The Hall–Kier alpha value is -2.53. The smallest absolute Gasteiger partial charge is 0.406 e. The second-order valence-corrected chi connectivity index (χ2v) is 7.35. The summed E-state index contributed by atoms with van der Waals surface area (Å²) in [6, 6.07) is 4.42. The van der Waals surface area contributed by atoms with Gasteiger partial charge in [0.05, 0.1) is 6.54 Å². The Morgan fingerprint density at radius 2 is 1.70 bits per heavy atom. The Labute approximate surface area is 172 Å². The van der Waals surface area contributed by atoms with E-state index in [4.69, 9.17) is 0 Å². The van der Waals surface area contributed by atoms with Gasteiger partial charge in [0.15, 0.2) is 0 Å². The third-order valence-electron chi connectivity index (χ3n) is 5.10. The number of rotatable bonds is 5. The maximum Gasteiger partial charge on any atom is 0.573 e. The lowest BCUT2D eigenvalue weighted by Gasteiger charge is -2.34. The molecule has 2 fully saturated rings. The van der Waals surface area contributed by atoms with Crippen molar-refractivity contribution in [2.24, 2.45) is 0 Å². The molecule has 0 radical (unpaired) electrons. The number of likely N-dealkylation sites (tertiary alicyclic amines) is 1. The van der Waals surface area contributed by atoms with Gasteiger partial charge in [-0.2, -0.15) is 0 Å². The van der Waals surface area contributed by atoms with E-state index in [9.17, 15) is 22.8 Å². The summed E-state index contributed by atoms with van der Waals surface area (Å²) in [7, 11) is 0. The van der Waals surface area contributed by atoms with E-state index in [-0.39, 0.29) is 17.7 Å². The fourth-order valence-corrected chi connectivity index (χ4v) is 3.53. The number of benzene rings is 1. The normalized spacial score (nSPS) is 18.7. The van der Waals surface area contributed by atoms with Crippen molar-refractivity contribution < 1.29 is 27.5 Å². The number of urea groups is 1. The van der Waals surface area contributed by atoms with Crippen molar-refractivity contribution in [3.05, 3.63) is 24.3 Å². The van der Waals surface area contributed by atoms with Gasteiger partial charge in [0.2, 0.25) is 5.91 Å². The number of amides is 3. The molecule has 2 aliphatic rings. The first-order chi connectivity index (χ1) is 14.3. The Morgan fingerprint density at radius 3 is 2.30 bits per heavy atom. The third kappa shape index (κ3) is 7.06. The SMILES string of the molecule is O=C(Nc1ccc(OC(F)(F)F)cc1)NC1CCN(C(=O)CN2CCNCC2)CC1. The van der Waals surface area contributed by atoms with Crippen molar-refractivity contribution in [1.82, 2.24) is 20.4 Å². The van der Waals surface area contributed by atoms with E-state index in [1.54, 1.807) is 0 Å². The zero-order chi connectivity index (χ0) is 21.6. The molecule has 0 saturated carbocycles. The monoisotopic (exact) mass is 429 g/mol. The zero-order valence-corrected chi connectivity index (χ0v) is 16.5. The maximum atomic E-state index is 12.4. The molecule has 0 aliphatic carbocycles. The number of carbonyl (C=O) groups is 2. The van der Waals surface area contributed by atoms with Gasteiger partial charge in [-0.1, -0.05) is 0 Å². The van der Waals surface area contributed by atoms with Crippen molar-refractivity contribution in [3.8, 4) is 5.75 Å². The molecule has 11 heteroatoms. The largest absolute Gasteiger partial charge is 0.573 e. The molecule has 0 unspecified atom stereocenters. The molecule has 0 aromatic heterocycles. The van der Waals surface area contributed by atoms with Gasteiger partial charge in [-0.25, -0.2) is 4.79 Å². The van der Waals surface area contributed by atoms with E-state index in [2.05, 4.69) is 25.6 Å². The first-order valence-electron chi connectivity index (χ1n) is 9.93. The number of halogens is 3. The molecule has 3 amide bonds. The van der Waals surface area contributed by atoms with E-state index in [1.807, 2.05) is 4.90 Å². The van der Waals surface area contributed by atoms with Gasteiger partial charge in [0.1, 0.15) is 5.75 Å². The highest BCUT2D eigenvalue weighted by Gasteiger charge is 2.31. The number of hydrogen-bond donors (Lipinski definition) is 3. The molecule has 0 spiro atoms. The summed E-state index contributed by atoms with van der Waals surface area (Å²) < 4.78 is 40.3. The second-order valence-electron chi connectivity index (χ2n) is 7.35. The summed E-state index contributed by atoms with van der Waals surface area (Å²) in [5.74, 6) is -0.243. The predicted octanol–water partition coefficient (Wildman–Crippen LogP) is 1.60. The molecule has 0 bridgehead atoms. The van der Waals surface area contributed by atoms with Gasteiger partial charge in [0.25, 0.3) is 0 Å². The number of hydrogen-bond acceptors (Lipinski definition) is 5. The van der Waals surface area contributed by atoms with E-state index in [0.29, 0.717) is 38.2 Å². The molecule has 0 atom stereocenters. The molecule has 2 saturated heterocycles. The first kappa shape index (κ1) is 22.2. The summed E-state index contributed by atoms with van der Waals surface area (Å²) in [5.41, 5.74) is 0.352. The minimum Gasteiger partial charge on any atom is -0.406 e. The highest BCUT2D eigenvalue weighted by Crippen LogP contribution is 2.24. The minimum absolute atomic E-state index is 0.0685. The summed E-state index contributed by atoms with van der Waals surface area (Å²) in [5, 5.41) is 8.69. The number of piperazine rings is 1. The first-order valence-corrected chi connectivity index (χ1v) is 9.93. The molecular weight excluding hydrogens is 403 g/mol. The minimum atomic E-state index is -4.76. The van der Waals surface area contributed by atoms with Crippen LogP contribution in [0, 0.1) is 0 Å². The van der Waals surface area contributed by atoms with Gasteiger partial charge in [-0.15, -0.1) is 13.2 Å². The molecule has 30 heavy (non-hydrogen) atoms. The molecule has 1 aromatic carbocycles. The van der Waals surface area contributed by atoms with Crippen molar-refractivity contribution in [2.75, 3.05) is 51.1 Å². The van der Waals surface area contributed by atoms with E-state index >= 15 is 0 Å². The Balaban J connectivity index is 1.38. The van der Waals surface area contributed by atoms with Crippen LogP contribution in [0.15, 0.2) is 24.3 Å². The van der Waals surface area contributed by atoms with Gasteiger partial charge in [-0.05, 0) is 37.1 Å². The van der Waals surface area contributed by atoms with Crippen LogP contribution < -0.4 is 20.7 Å². The van der Waals surface area contributed by atoms with Crippen LogP contribution >= 0.6 is 0 Å². The average Bonchev–Trinajstić information content (AvgIpc) is 2.69. The molecule has 2 aliphatic heterocycles. The summed E-state index contributed by atoms with van der Waals surface area (Å²) in [6.07, 6.45) is -3.45. The lowest BCUT2D eigenvalue weighted by molar-refractivity contribution is -0.274. The van der Waals surface area contributed by atoms with Crippen LogP contribution in [0.2, 0.25) is 0 Å². The van der Waals surface area contributed by atoms with Crippen LogP contribution in [0.4, 0.5) is 23.7 Å². The summed E-state index contributed by atoms with van der Waals surface area (Å²) in [6.45, 7) is 5.12. The van der Waals surface area contributed by atoms with Crippen LogP contribution in [0.3, 0.4) is 0 Å². The maximum absolute atomic E-state index is 12.4. The van der Waals surface area contributed by atoms with Gasteiger partial charge < -0.3 is 25.6 Å². The molecule has 3 rings (SSSR count). The van der Waals surface area contributed by atoms with E-state index in [1.165, 1.54) is 12.1 Å². The topological polar surface area (TPSA) is 85.9 Å². The fraction of sp³-hybridized carbons (Fsp3) is 0.579. The lowest BCUT2D eigenvalue weighted by Crippen LogP contribution is -2.52. The van der Waals surface area contributed by atoms with Crippen molar-refractivity contribution in [3.63, 3.8) is 0 Å². The average molecular weight is 429 g/mol. The van der Waals surface area contributed by atoms with Gasteiger partial charge in [-0.3, -0.25) is 9.69 Å². The van der Waals surface area contributed by atoms with E-state index in [0.717, 1.165) is 38.3 Å². The van der Waals surface area contributed by atoms with Crippen LogP contribution in [-0.4, -0.2) is 80.0 Å². The molecular formula is C19H26F3N5O3. The van der Waals surface area contributed by atoms with Crippen molar-refractivity contribution in [2.45, 2.75) is 25.2 Å². The predicted molar refractivity (Wildman–Crippen MR) is 104 cm³/mol. The number of ether oxygens (including phenoxy) is 1. The van der Waals surface area contributed by atoms with Gasteiger partial charge in [0, 0.05) is 51.0 Å². The number of carbonyl (C=O) groups excluding carboxylic acids is 2. The van der Waals surface area contributed by atoms with E-state index < -0.39 is 12.4 Å². The second kappa shape index (κ2) is 9.98. The standard InChI is InChI=1S/C19H26F3N5O3/c20-19(21,22)30-16-3-1-14(2-4-16)24-18(29)25-15-5-9-27(10-6-15)17(28)13-26-11-7-23-8-12-26/h1-4,15,23H,5-13H2,(H2,24,25,29). The number of nitrogens with one attached hydrogen (secondary N) is 3. The summed E-state index contributed by atoms with van der Waals surface area (Å²) >= 11 is 0. The Bertz CT molecular complexity index is 715. The number of piperidine rings is 1. The van der Waals surface area contributed by atoms with Crippen LogP contribution in [0.1, 0.15) is 12.8 Å². The summed E-state index contributed by atoms with van der Waals surface area (Å²) in [4.78, 5) is 28.6. The Kier molecular flexibility index (Phi) is 7.38. The molecule has 166 valence electrons. The highest BCUT2D eigenvalue weighted by molar-refractivity contribution is 5.89. The van der Waals surface area contributed by atoms with Gasteiger partial charge >= 0.3 is 12.4 Å². The third-order valence-corrected chi connectivity index (χ3v) is 5.10. The number of alkyl halides is 3. The molecule has 8 nitrogen and oxygen atoms in total. The molecule has 2 heterocycles. The van der Waals surface area contributed by atoms with Crippen LogP contribution in [0.5, 0.6) is 5.75 Å². The number of anilines is 1. The lowest BCUT2D eigenvalue weighted by atomic mass is 10.1. The number of nitrogens with zero attached hydrogens (tertiary/aromatic N) is 2. The van der Waals surface area contributed by atoms with Crippen LogP contribution in [0.25, 0.3) is 0 Å².